The first-order chi connectivity index (χ1) is 15.3. The number of non-ortho nitro benzene ring substituents is 1. The third kappa shape index (κ3) is 3.78. The van der Waals surface area contributed by atoms with Crippen LogP contribution in [0.15, 0.2) is 51.7 Å². The topological polar surface area (TPSA) is 96.9 Å². The Kier molecular flexibility index (Phi) is 5.80. The molecule has 0 fully saturated rings. The van der Waals surface area contributed by atoms with Crippen molar-refractivity contribution in [1.29, 1.82) is 0 Å². The zero-order valence-corrected chi connectivity index (χ0v) is 18.3. The maximum Gasteiger partial charge on any atom is 0.290 e. The number of carbonyl (C=O) groups is 1. The summed E-state index contributed by atoms with van der Waals surface area (Å²) in [6, 6.07) is 10.8. The van der Waals surface area contributed by atoms with E-state index in [1.54, 1.807) is 23.1 Å². The summed E-state index contributed by atoms with van der Waals surface area (Å²) in [4.78, 5) is 41.2. The van der Waals surface area contributed by atoms with Crippen LogP contribution in [0.1, 0.15) is 46.6 Å². The van der Waals surface area contributed by atoms with Crippen molar-refractivity contribution in [3.63, 3.8) is 0 Å². The Balaban J connectivity index is 1.87. The van der Waals surface area contributed by atoms with Gasteiger partial charge >= 0.3 is 0 Å². The fourth-order valence-corrected chi connectivity index (χ4v) is 4.20. The molecule has 1 aromatic heterocycles. The fraction of sp³-hybridized carbons (Fsp3) is 0.333. The summed E-state index contributed by atoms with van der Waals surface area (Å²) in [6.07, 6.45) is 1.48. The maximum absolute atomic E-state index is 13.6. The van der Waals surface area contributed by atoms with Crippen molar-refractivity contribution in [2.75, 3.05) is 27.2 Å². The Morgan fingerprint density at radius 3 is 2.47 bits per heavy atom. The van der Waals surface area contributed by atoms with Crippen LogP contribution >= 0.6 is 0 Å². The Hall–Kier alpha value is -3.52. The molecule has 32 heavy (non-hydrogen) atoms. The Bertz CT molecular complexity index is 1250. The molecule has 0 aliphatic carbocycles. The van der Waals surface area contributed by atoms with E-state index in [-0.39, 0.29) is 22.8 Å². The Morgan fingerprint density at radius 2 is 1.84 bits per heavy atom. The standard InChI is InChI=1S/C24H25N3O5/c1-4-15-6-11-19-18(14-15)22(28)20-21(16-7-9-17(10-8-16)27(30)31)26(13-5-12-25(2)3)24(29)23(20)32-19/h6-11,14,21H,4-5,12-13H2,1-3H3. The van der Waals surface area contributed by atoms with Crippen molar-refractivity contribution >= 4 is 22.6 Å². The van der Waals surface area contributed by atoms with Gasteiger partial charge in [-0.15, -0.1) is 0 Å². The van der Waals surface area contributed by atoms with Crippen molar-refractivity contribution in [2.45, 2.75) is 25.8 Å². The lowest BCUT2D eigenvalue weighted by molar-refractivity contribution is -0.384. The Labute approximate surface area is 185 Å². The molecule has 1 amide bonds. The number of nitro benzene ring substituents is 1. The molecule has 0 saturated carbocycles. The lowest BCUT2D eigenvalue weighted by Gasteiger charge is -2.25. The third-order valence-corrected chi connectivity index (χ3v) is 5.86. The van der Waals surface area contributed by atoms with Crippen molar-refractivity contribution in [3.8, 4) is 0 Å². The van der Waals surface area contributed by atoms with Gasteiger partial charge in [0, 0.05) is 18.7 Å². The first-order valence-electron chi connectivity index (χ1n) is 10.6. The quantitative estimate of drug-likeness (QED) is 0.414. The zero-order chi connectivity index (χ0) is 23.0. The van der Waals surface area contributed by atoms with E-state index in [9.17, 15) is 19.7 Å². The molecule has 2 heterocycles. The third-order valence-electron chi connectivity index (χ3n) is 5.86. The normalized spacial score (nSPS) is 15.6. The van der Waals surface area contributed by atoms with E-state index in [1.165, 1.54) is 12.1 Å². The summed E-state index contributed by atoms with van der Waals surface area (Å²) in [7, 11) is 3.91. The molecular weight excluding hydrogens is 410 g/mol. The minimum atomic E-state index is -0.647. The van der Waals surface area contributed by atoms with Gasteiger partial charge in [-0.05, 0) is 68.9 Å². The maximum atomic E-state index is 13.6. The van der Waals surface area contributed by atoms with E-state index in [0.29, 0.717) is 35.1 Å². The van der Waals surface area contributed by atoms with E-state index in [0.717, 1.165) is 18.5 Å². The number of amides is 1. The molecule has 1 atom stereocenters. The van der Waals surface area contributed by atoms with Gasteiger partial charge in [-0.3, -0.25) is 19.7 Å². The summed E-state index contributed by atoms with van der Waals surface area (Å²) in [6.45, 7) is 3.21. The molecule has 4 rings (SSSR count). The van der Waals surface area contributed by atoms with Gasteiger partial charge in [-0.25, -0.2) is 0 Å². The average Bonchev–Trinajstić information content (AvgIpc) is 3.05. The number of nitrogens with zero attached hydrogens (tertiary/aromatic N) is 3. The Morgan fingerprint density at radius 1 is 1.12 bits per heavy atom. The van der Waals surface area contributed by atoms with Gasteiger partial charge in [0.2, 0.25) is 5.76 Å². The molecule has 0 spiro atoms. The molecular formula is C24H25N3O5. The van der Waals surface area contributed by atoms with Crippen LogP contribution in [0.2, 0.25) is 0 Å². The van der Waals surface area contributed by atoms with Crippen LogP contribution in [0.25, 0.3) is 11.0 Å². The van der Waals surface area contributed by atoms with E-state index in [1.807, 2.05) is 38.1 Å². The number of rotatable bonds is 7. The largest absolute Gasteiger partial charge is 0.450 e. The highest BCUT2D eigenvalue weighted by Gasteiger charge is 2.42. The van der Waals surface area contributed by atoms with Crippen LogP contribution in [-0.4, -0.2) is 47.8 Å². The predicted octanol–water partition coefficient (Wildman–Crippen LogP) is 3.76. The molecule has 0 radical (unpaired) electrons. The zero-order valence-electron chi connectivity index (χ0n) is 18.3. The van der Waals surface area contributed by atoms with E-state index in [4.69, 9.17) is 4.42 Å². The number of carbonyl (C=O) groups excluding carboxylic acids is 1. The molecule has 8 heteroatoms. The van der Waals surface area contributed by atoms with Crippen molar-refractivity contribution in [2.24, 2.45) is 0 Å². The van der Waals surface area contributed by atoms with Crippen molar-refractivity contribution < 1.29 is 14.1 Å². The van der Waals surface area contributed by atoms with Crippen LogP contribution in [0.3, 0.4) is 0 Å². The summed E-state index contributed by atoms with van der Waals surface area (Å²) >= 11 is 0. The van der Waals surface area contributed by atoms with Gasteiger partial charge in [0.05, 0.1) is 21.9 Å². The second-order valence-electron chi connectivity index (χ2n) is 8.26. The van der Waals surface area contributed by atoms with Gasteiger partial charge < -0.3 is 14.2 Å². The molecule has 0 bridgehead atoms. The predicted molar refractivity (Wildman–Crippen MR) is 121 cm³/mol. The number of fused-ring (bicyclic) bond motifs is 2. The van der Waals surface area contributed by atoms with Crippen LogP contribution in [0, 0.1) is 10.1 Å². The highest BCUT2D eigenvalue weighted by Crippen LogP contribution is 2.38. The number of benzene rings is 2. The number of hydrogen-bond donors (Lipinski definition) is 0. The van der Waals surface area contributed by atoms with E-state index < -0.39 is 11.0 Å². The number of hydrogen-bond acceptors (Lipinski definition) is 6. The van der Waals surface area contributed by atoms with Crippen molar-refractivity contribution in [1.82, 2.24) is 9.80 Å². The summed E-state index contributed by atoms with van der Waals surface area (Å²) in [5.41, 5.74) is 2.06. The SMILES string of the molecule is CCc1ccc2oc3c(c(=O)c2c1)C(c1ccc([N+](=O)[O-])cc1)N(CCCN(C)C)C3=O. The van der Waals surface area contributed by atoms with E-state index in [2.05, 4.69) is 0 Å². The molecule has 3 aromatic rings. The second kappa shape index (κ2) is 8.55. The smallest absolute Gasteiger partial charge is 0.290 e. The molecule has 8 nitrogen and oxygen atoms in total. The van der Waals surface area contributed by atoms with Gasteiger partial charge in [0.1, 0.15) is 5.58 Å². The summed E-state index contributed by atoms with van der Waals surface area (Å²) in [5.74, 6) is -0.277. The lowest BCUT2D eigenvalue weighted by atomic mass is 9.97. The van der Waals surface area contributed by atoms with Gasteiger partial charge in [0.15, 0.2) is 5.43 Å². The van der Waals surface area contributed by atoms with Crippen LogP contribution < -0.4 is 5.43 Å². The van der Waals surface area contributed by atoms with Crippen LogP contribution in [0.5, 0.6) is 0 Å². The molecule has 1 unspecified atom stereocenters. The molecule has 1 aliphatic heterocycles. The highest BCUT2D eigenvalue weighted by molar-refractivity contribution is 5.99. The minimum Gasteiger partial charge on any atom is -0.450 e. The first-order valence-corrected chi connectivity index (χ1v) is 10.6. The molecule has 0 saturated heterocycles. The van der Waals surface area contributed by atoms with Crippen molar-refractivity contribution in [3.05, 3.63) is 85.3 Å². The van der Waals surface area contributed by atoms with Gasteiger partial charge in [-0.1, -0.05) is 13.0 Å². The second-order valence-corrected chi connectivity index (χ2v) is 8.26. The monoisotopic (exact) mass is 435 g/mol. The minimum absolute atomic E-state index is 0.0458. The molecule has 0 N–H and O–H groups in total. The van der Waals surface area contributed by atoms with Gasteiger partial charge in [0.25, 0.3) is 11.6 Å². The molecule has 2 aromatic carbocycles. The van der Waals surface area contributed by atoms with Crippen LogP contribution in [0.4, 0.5) is 5.69 Å². The van der Waals surface area contributed by atoms with Gasteiger partial charge in [-0.2, -0.15) is 0 Å². The first kappa shape index (κ1) is 21.7. The molecule has 166 valence electrons. The highest BCUT2D eigenvalue weighted by atomic mass is 16.6. The number of nitro groups is 1. The fourth-order valence-electron chi connectivity index (χ4n) is 4.20. The average molecular weight is 435 g/mol. The summed E-state index contributed by atoms with van der Waals surface area (Å²) < 4.78 is 5.96. The van der Waals surface area contributed by atoms with E-state index >= 15 is 0 Å². The summed E-state index contributed by atoms with van der Waals surface area (Å²) in [5, 5.41) is 11.5. The molecule has 1 aliphatic rings. The number of aryl methyl sites for hydroxylation is 1. The lowest BCUT2D eigenvalue weighted by Crippen LogP contribution is -2.32. The van der Waals surface area contributed by atoms with Crippen LogP contribution in [-0.2, 0) is 6.42 Å².